The maximum Gasteiger partial charge on any atom is 0.0841 e. The van der Waals surface area contributed by atoms with E-state index in [2.05, 4.69) is 25.7 Å². The van der Waals surface area contributed by atoms with E-state index >= 15 is 0 Å². The maximum absolute atomic E-state index is 5.28. The van der Waals surface area contributed by atoms with Gasteiger partial charge in [-0.3, -0.25) is 0 Å². The first-order valence-corrected chi connectivity index (χ1v) is 8.27. The lowest BCUT2D eigenvalue weighted by Gasteiger charge is -2.00. The van der Waals surface area contributed by atoms with Gasteiger partial charge in [0.25, 0.3) is 0 Å². The van der Waals surface area contributed by atoms with Gasteiger partial charge in [-0.2, -0.15) is 0 Å². The number of rotatable bonds is 0. The van der Waals surface area contributed by atoms with Crippen LogP contribution in [-0.2, 0) is 9.47 Å². The number of fused-ring (bicyclic) bond motifs is 1. The highest BCUT2D eigenvalue weighted by atomic mass is 16.6. The van der Waals surface area contributed by atoms with Crippen LogP contribution in [0.15, 0.2) is 24.8 Å². The first-order chi connectivity index (χ1) is 9.77. The third-order valence-corrected chi connectivity index (χ3v) is 3.57. The van der Waals surface area contributed by atoms with Crippen LogP contribution in [0.1, 0.15) is 65.2 Å². The highest BCUT2D eigenvalue weighted by Crippen LogP contribution is 2.35. The van der Waals surface area contributed by atoms with Gasteiger partial charge < -0.3 is 9.47 Å². The van der Waals surface area contributed by atoms with E-state index in [0.29, 0.717) is 18.3 Å². The SMILES string of the molecule is C1=CCCCC1.C1CCC2OC2C1.C=CC.CC1CO1. The fourth-order valence-corrected chi connectivity index (χ4v) is 2.23. The minimum absolute atomic E-state index is 0.583. The third-order valence-electron chi connectivity index (χ3n) is 3.57. The van der Waals surface area contributed by atoms with Gasteiger partial charge in [0.15, 0.2) is 0 Å². The van der Waals surface area contributed by atoms with Gasteiger partial charge in [0.1, 0.15) is 0 Å². The molecule has 3 fully saturated rings. The van der Waals surface area contributed by atoms with Crippen LogP contribution in [0.4, 0.5) is 0 Å². The Morgan fingerprint density at radius 2 is 1.40 bits per heavy atom. The van der Waals surface area contributed by atoms with E-state index in [4.69, 9.17) is 9.47 Å². The molecule has 1 saturated carbocycles. The Hall–Kier alpha value is -0.600. The molecule has 116 valence electrons. The molecule has 0 spiro atoms. The van der Waals surface area contributed by atoms with Crippen molar-refractivity contribution in [1.82, 2.24) is 0 Å². The monoisotopic (exact) mass is 280 g/mol. The van der Waals surface area contributed by atoms with Crippen molar-refractivity contribution in [3.8, 4) is 0 Å². The van der Waals surface area contributed by atoms with Gasteiger partial charge in [-0.25, -0.2) is 0 Å². The van der Waals surface area contributed by atoms with E-state index in [0.717, 1.165) is 6.61 Å². The highest BCUT2D eigenvalue weighted by Gasteiger charge is 2.39. The Kier molecular flexibility index (Phi) is 9.69. The van der Waals surface area contributed by atoms with Gasteiger partial charge in [0.05, 0.1) is 24.9 Å². The molecule has 3 unspecified atom stereocenters. The predicted octanol–water partition coefficient (Wildman–Crippen LogP) is 5.04. The summed E-state index contributed by atoms with van der Waals surface area (Å²) in [4.78, 5) is 0. The van der Waals surface area contributed by atoms with Gasteiger partial charge in [0, 0.05) is 0 Å². The molecule has 2 aliphatic heterocycles. The van der Waals surface area contributed by atoms with E-state index in [9.17, 15) is 0 Å². The zero-order valence-electron chi connectivity index (χ0n) is 13.4. The van der Waals surface area contributed by atoms with Crippen LogP contribution in [0.5, 0.6) is 0 Å². The molecule has 2 aliphatic carbocycles. The van der Waals surface area contributed by atoms with E-state index < -0.39 is 0 Å². The third kappa shape index (κ3) is 10.2. The molecular formula is C18H32O2. The zero-order chi connectivity index (χ0) is 14.6. The zero-order valence-corrected chi connectivity index (χ0v) is 13.4. The van der Waals surface area contributed by atoms with Crippen molar-refractivity contribution in [2.45, 2.75) is 83.5 Å². The standard InChI is InChI=1S/C6H10O.C6H10.C3H6O.C3H6/c1-2-4-6-5(3-1)7-6;1-2-4-6-5-3-1;1-3-2-4-3;1-3-2/h5-6H,1-4H2;1-2H,3-6H2;3H,2H2,1H3;3H,1H2,2H3. The Bertz CT molecular complexity index is 251. The van der Waals surface area contributed by atoms with Crippen LogP contribution in [0.2, 0.25) is 0 Å². The summed E-state index contributed by atoms with van der Waals surface area (Å²) in [5.74, 6) is 0. The first kappa shape index (κ1) is 17.5. The number of epoxide rings is 2. The maximum atomic E-state index is 5.28. The second kappa shape index (κ2) is 11.1. The number of allylic oxidation sites excluding steroid dienone is 3. The average molecular weight is 280 g/mol. The fraction of sp³-hybridized carbons (Fsp3) is 0.778. The topological polar surface area (TPSA) is 25.1 Å². The molecule has 3 atom stereocenters. The van der Waals surface area contributed by atoms with E-state index in [-0.39, 0.29) is 0 Å². The van der Waals surface area contributed by atoms with Crippen molar-refractivity contribution in [3.05, 3.63) is 24.8 Å². The molecule has 0 radical (unpaired) electrons. The molecule has 2 heterocycles. The largest absolute Gasteiger partial charge is 0.373 e. The number of hydrogen-bond acceptors (Lipinski definition) is 2. The van der Waals surface area contributed by atoms with Gasteiger partial charge in [-0.1, -0.05) is 31.1 Å². The Morgan fingerprint density at radius 1 is 1.00 bits per heavy atom. The fourth-order valence-electron chi connectivity index (χ4n) is 2.23. The van der Waals surface area contributed by atoms with E-state index in [1.807, 2.05) is 6.92 Å². The molecule has 2 heteroatoms. The summed E-state index contributed by atoms with van der Waals surface area (Å²) >= 11 is 0. The summed E-state index contributed by atoms with van der Waals surface area (Å²) < 4.78 is 9.99. The van der Waals surface area contributed by atoms with Crippen molar-refractivity contribution in [2.75, 3.05) is 6.61 Å². The molecule has 20 heavy (non-hydrogen) atoms. The molecule has 4 aliphatic rings. The molecule has 0 aromatic rings. The second-order valence-corrected chi connectivity index (χ2v) is 5.81. The number of hydrogen-bond donors (Lipinski definition) is 0. The van der Waals surface area contributed by atoms with Crippen LogP contribution in [0, 0.1) is 0 Å². The average Bonchev–Trinajstić information content (AvgIpc) is 3.39. The molecule has 0 amide bonds. The Balaban J connectivity index is 0.000000141. The summed E-state index contributed by atoms with van der Waals surface area (Å²) in [5.41, 5.74) is 0. The van der Waals surface area contributed by atoms with Crippen LogP contribution in [0.25, 0.3) is 0 Å². The van der Waals surface area contributed by atoms with Gasteiger partial charge in [-0.15, -0.1) is 6.58 Å². The lowest BCUT2D eigenvalue weighted by Crippen LogP contribution is -2.00. The Morgan fingerprint density at radius 3 is 1.60 bits per heavy atom. The summed E-state index contributed by atoms with van der Waals surface area (Å²) in [5, 5.41) is 0. The van der Waals surface area contributed by atoms with Crippen molar-refractivity contribution >= 4 is 0 Å². The summed E-state index contributed by atoms with van der Waals surface area (Å²) in [6.07, 6.45) is 19.2. The summed E-state index contributed by atoms with van der Waals surface area (Å²) in [7, 11) is 0. The molecule has 2 nitrogen and oxygen atoms in total. The van der Waals surface area contributed by atoms with Crippen molar-refractivity contribution < 1.29 is 9.47 Å². The van der Waals surface area contributed by atoms with Crippen molar-refractivity contribution in [2.24, 2.45) is 0 Å². The Labute approximate surface area is 125 Å². The van der Waals surface area contributed by atoms with Crippen LogP contribution in [-0.4, -0.2) is 24.9 Å². The summed E-state index contributed by atoms with van der Waals surface area (Å²) in [6, 6.07) is 0. The highest BCUT2D eigenvalue weighted by molar-refractivity contribution is 4.87. The normalized spacial score (nSPS) is 31.8. The molecule has 4 rings (SSSR count). The predicted molar refractivity (Wildman–Crippen MR) is 86.0 cm³/mol. The van der Waals surface area contributed by atoms with Crippen molar-refractivity contribution in [3.63, 3.8) is 0 Å². The molecular weight excluding hydrogens is 248 g/mol. The lowest BCUT2D eigenvalue weighted by atomic mass is 10.0. The van der Waals surface area contributed by atoms with E-state index in [1.165, 1.54) is 51.4 Å². The minimum Gasteiger partial charge on any atom is -0.373 e. The molecule has 0 aromatic heterocycles. The van der Waals surface area contributed by atoms with Gasteiger partial charge >= 0.3 is 0 Å². The second-order valence-electron chi connectivity index (χ2n) is 5.81. The smallest absolute Gasteiger partial charge is 0.0841 e. The molecule has 0 aromatic carbocycles. The lowest BCUT2D eigenvalue weighted by molar-refractivity contribution is 0.373. The van der Waals surface area contributed by atoms with Crippen molar-refractivity contribution in [1.29, 1.82) is 0 Å². The van der Waals surface area contributed by atoms with Gasteiger partial charge in [0.2, 0.25) is 0 Å². The van der Waals surface area contributed by atoms with Crippen LogP contribution in [0.3, 0.4) is 0 Å². The van der Waals surface area contributed by atoms with E-state index in [1.54, 1.807) is 6.08 Å². The molecule has 0 bridgehead atoms. The van der Waals surface area contributed by atoms with Crippen LogP contribution >= 0.6 is 0 Å². The first-order valence-electron chi connectivity index (χ1n) is 8.27. The molecule has 0 N–H and O–H groups in total. The van der Waals surface area contributed by atoms with Crippen LogP contribution < -0.4 is 0 Å². The quantitative estimate of drug-likeness (QED) is 0.458. The summed E-state index contributed by atoms with van der Waals surface area (Å²) in [6.45, 7) is 8.29. The van der Waals surface area contributed by atoms with Gasteiger partial charge in [-0.05, 0) is 52.4 Å². The number of ether oxygens (including phenoxy) is 2. The molecule has 2 saturated heterocycles. The minimum atomic E-state index is 0.583.